The van der Waals surface area contributed by atoms with Gasteiger partial charge in [0.1, 0.15) is 0 Å². The van der Waals surface area contributed by atoms with Crippen LogP contribution in [0, 0.1) is 5.41 Å². The van der Waals surface area contributed by atoms with Gasteiger partial charge in [-0.25, -0.2) is 0 Å². The highest BCUT2D eigenvalue weighted by Crippen LogP contribution is 2.30. The number of aliphatic hydroxyl groups excluding tert-OH is 1. The third-order valence-electron chi connectivity index (χ3n) is 4.79. The van der Waals surface area contributed by atoms with Crippen LogP contribution < -0.4 is 0 Å². The molecule has 1 N–H and O–H groups in total. The van der Waals surface area contributed by atoms with Crippen LogP contribution in [0.3, 0.4) is 0 Å². The monoisotopic (exact) mass is 305 g/mol. The normalized spacial score (nSPS) is 11.5. The SMILES string of the molecule is CCC(C)(CC)Cc1ccc(C(=O)N(C)CCCCO)cc1. The van der Waals surface area contributed by atoms with E-state index < -0.39 is 0 Å². The predicted molar refractivity (Wildman–Crippen MR) is 92.1 cm³/mol. The Morgan fingerprint density at radius 1 is 1.14 bits per heavy atom. The molecule has 1 amide bonds. The van der Waals surface area contributed by atoms with Gasteiger partial charge in [0, 0.05) is 25.8 Å². The van der Waals surface area contributed by atoms with Gasteiger partial charge in [0.05, 0.1) is 0 Å². The summed E-state index contributed by atoms with van der Waals surface area (Å²) in [6.07, 6.45) is 4.96. The lowest BCUT2D eigenvalue weighted by Gasteiger charge is -2.26. The van der Waals surface area contributed by atoms with Gasteiger partial charge in [-0.05, 0) is 42.4 Å². The summed E-state index contributed by atoms with van der Waals surface area (Å²) in [6, 6.07) is 8.04. The van der Waals surface area contributed by atoms with Crippen LogP contribution in [-0.4, -0.2) is 36.1 Å². The minimum absolute atomic E-state index is 0.0539. The smallest absolute Gasteiger partial charge is 0.253 e. The molecule has 0 saturated carbocycles. The fraction of sp³-hybridized carbons (Fsp3) is 0.632. The first-order valence-electron chi connectivity index (χ1n) is 8.41. The van der Waals surface area contributed by atoms with Crippen LogP contribution in [0.2, 0.25) is 0 Å². The lowest BCUT2D eigenvalue weighted by molar-refractivity contribution is 0.0790. The quantitative estimate of drug-likeness (QED) is 0.703. The molecule has 1 aromatic rings. The van der Waals surface area contributed by atoms with Crippen molar-refractivity contribution < 1.29 is 9.90 Å². The number of nitrogens with zero attached hydrogens (tertiary/aromatic N) is 1. The average Bonchev–Trinajstić information content (AvgIpc) is 2.55. The Bertz CT molecular complexity index is 449. The molecule has 0 aromatic heterocycles. The van der Waals surface area contributed by atoms with Crippen molar-refractivity contribution in [2.24, 2.45) is 5.41 Å². The third-order valence-corrected chi connectivity index (χ3v) is 4.79. The van der Waals surface area contributed by atoms with E-state index in [1.165, 1.54) is 5.56 Å². The second-order valence-corrected chi connectivity index (χ2v) is 6.55. The van der Waals surface area contributed by atoms with Crippen molar-refractivity contribution in [1.29, 1.82) is 0 Å². The van der Waals surface area contributed by atoms with Crippen molar-refractivity contribution in [3.8, 4) is 0 Å². The molecule has 3 heteroatoms. The van der Waals surface area contributed by atoms with Gasteiger partial charge < -0.3 is 10.0 Å². The number of carbonyl (C=O) groups excluding carboxylic acids is 1. The number of hydrogen-bond donors (Lipinski definition) is 1. The zero-order valence-electron chi connectivity index (χ0n) is 14.6. The van der Waals surface area contributed by atoms with E-state index >= 15 is 0 Å². The summed E-state index contributed by atoms with van der Waals surface area (Å²) < 4.78 is 0. The van der Waals surface area contributed by atoms with Crippen LogP contribution in [0.25, 0.3) is 0 Å². The Hall–Kier alpha value is -1.35. The van der Waals surface area contributed by atoms with Gasteiger partial charge >= 0.3 is 0 Å². The minimum Gasteiger partial charge on any atom is -0.396 e. The van der Waals surface area contributed by atoms with Crippen LogP contribution in [0.5, 0.6) is 0 Å². The highest BCUT2D eigenvalue weighted by atomic mass is 16.3. The lowest BCUT2D eigenvalue weighted by atomic mass is 9.79. The van der Waals surface area contributed by atoms with E-state index in [2.05, 4.69) is 32.9 Å². The Labute approximate surface area is 135 Å². The van der Waals surface area contributed by atoms with Crippen molar-refractivity contribution >= 4 is 5.91 Å². The van der Waals surface area contributed by atoms with Crippen LogP contribution in [0.15, 0.2) is 24.3 Å². The Kier molecular flexibility index (Phi) is 7.60. The molecule has 0 aliphatic heterocycles. The molecule has 0 unspecified atom stereocenters. The molecular formula is C19H31NO2. The van der Waals surface area contributed by atoms with Gasteiger partial charge in [-0.1, -0.05) is 45.7 Å². The first-order chi connectivity index (χ1) is 10.5. The average molecular weight is 305 g/mol. The zero-order chi connectivity index (χ0) is 16.6. The van der Waals surface area contributed by atoms with Gasteiger partial charge in [-0.15, -0.1) is 0 Å². The summed E-state index contributed by atoms with van der Waals surface area (Å²) in [5, 5.41) is 8.80. The van der Waals surface area contributed by atoms with Crippen molar-refractivity contribution in [2.75, 3.05) is 20.2 Å². The number of carbonyl (C=O) groups is 1. The van der Waals surface area contributed by atoms with E-state index in [1.54, 1.807) is 4.90 Å². The van der Waals surface area contributed by atoms with Gasteiger partial charge in [0.25, 0.3) is 5.91 Å². The molecule has 0 bridgehead atoms. The molecule has 0 aliphatic carbocycles. The molecule has 0 heterocycles. The Morgan fingerprint density at radius 3 is 2.23 bits per heavy atom. The fourth-order valence-electron chi connectivity index (χ4n) is 2.54. The van der Waals surface area contributed by atoms with Gasteiger partial charge in [-0.3, -0.25) is 4.79 Å². The standard InChI is InChI=1S/C19H31NO2/c1-5-19(3,6-2)15-16-9-11-17(12-10-16)18(22)20(4)13-7-8-14-21/h9-12,21H,5-8,13-15H2,1-4H3. The fourth-order valence-corrected chi connectivity index (χ4v) is 2.54. The topological polar surface area (TPSA) is 40.5 Å². The molecule has 0 aliphatic rings. The van der Waals surface area contributed by atoms with E-state index in [1.807, 2.05) is 19.2 Å². The maximum atomic E-state index is 12.3. The molecule has 1 rings (SSSR count). The largest absolute Gasteiger partial charge is 0.396 e. The summed E-state index contributed by atoms with van der Waals surface area (Å²) in [7, 11) is 1.82. The molecule has 22 heavy (non-hydrogen) atoms. The van der Waals surface area contributed by atoms with Crippen molar-refractivity contribution in [3.05, 3.63) is 35.4 Å². The van der Waals surface area contributed by atoms with Crippen molar-refractivity contribution in [2.45, 2.75) is 52.9 Å². The molecule has 0 fully saturated rings. The minimum atomic E-state index is 0.0539. The molecule has 1 aromatic carbocycles. The number of amides is 1. The van der Waals surface area contributed by atoms with Crippen LogP contribution in [0.1, 0.15) is 62.4 Å². The van der Waals surface area contributed by atoms with Crippen LogP contribution in [-0.2, 0) is 6.42 Å². The first-order valence-corrected chi connectivity index (χ1v) is 8.41. The number of unbranched alkanes of at least 4 members (excludes halogenated alkanes) is 1. The summed E-state index contributed by atoms with van der Waals surface area (Å²) >= 11 is 0. The van der Waals surface area contributed by atoms with Crippen molar-refractivity contribution in [3.63, 3.8) is 0 Å². The number of benzene rings is 1. The number of aliphatic hydroxyl groups is 1. The number of hydrogen-bond acceptors (Lipinski definition) is 2. The van der Waals surface area contributed by atoms with E-state index in [0.29, 0.717) is 12.0 Å². The van der Waals surface area contributed by atoms with E-state index in [-0.39, 0.29) is 12.5 Å². The summed E-state index contributed by atoms with van der Waals surface area (Å²) in [4.78, 5) is 14.0. The number of rotatable bonds is 9. The summed E-state index contributed by atoms with van der Waals surface area (Å²) in [5.41, 5.74) is 2.38. The van der Waals surface area contributed by atoms with Crippen LogP contribution >= 0.6 is 0 Å². The Morgan fingerprint density at radius 2 is 1.73 bits per heavy atom. The molecular weight excluding hydrogens is 274 g/mol. The van der Waals surface area contributed by atoms with E-state index in [9.17, 15) is 4.79 Å². The molecule has 0 spiro atoms. The molecule has 0 radical (unpaired) electrons. The van der Waals surface area contributed by atoms with Crippen LogP contribution in [0.4, 0.5) is 0 Å². The van der Waals surface area contributed by atoms with Gasteiger partial charge in [0.15, 0.2) is 0 Å². The zero-order valence-corrected chi connectivity index (χ0v) is 14.6. The lowest BCUT2D eigenvalue weighted by Crippen LogP contribution is -2.27. The second-order valence-electron chi connectivity index (χ2n) is 6.55. The highest BCUT2D eigenvalue weighted by Gasteiger charge is 2.20. The maximum Gasteiger partial charge on any atom is 0.253 e. The van der Waals surface area contributed by atoms with Gasteiger partial charge in [0.2, 0.25) is 0 Å². The maximum absolute atomic E-state index is 12.3. The molecule has 0 saturated heterocycles. The predicted octanol–water partition coefficient (Wildman–Crippen LogP) is 3.90. The highest BCUT2D eigenvalue weighted by molar-refractivity contribution is 5.94. The summed E-state index contributed by atoms with van der Waals surface area (Å²) in [6.45, 7) is 7.67. The molecule has 124 valence electrons. The third kappa shape index (κ3) is 5.45. The second kappa shape index (κ2) is 8.94. The summed E-state index contributed by atoms with van der Waals surface area (Å²) in [5.74, 6) is 0.0539. The first kappa shape index (κ1) is 18.7. The van der Waals surface area contributed by atoms with Crippen molar-refractivity contribution in [1.82, 2.24) is 4.90 Å². The molecule has 0 atom stereocenters. The van der Waals surface area contributed by atoms with E-state index in [4.69, 9.17) is 5.11 Å². The van der Waals surface area contributed by atoms with E-state index in [0.717, 1.165) is 37.7 Å². The molecule has 3 nitrogen and oxygen atoms in total. The Balaban J connectivity index is 2.66. The van der Waals surface area contributed by atoms with Gasteiger partial charge in [-0.2, -0.15) is 0 Å².